The molecule has 3 aromatic rings. The van der Waals surface area contributed by atoms with Gasteiger partial charge in [-0.2, -0.15) is 4.73 Å². The van der Waals surface area contributed by atoms with Gasteiger partial charge < -0.3 is 10.5 Å². The van der Waals surface area contributed by atoms with Crippen LogP contribution in [0.5, 0.6) is 0 Å². The Morgan fingerprint density at radius 1 is 1.20 bits per heavy atom. The van der Waals surface area contributed by atoms with E-state index in [9.17, 15) is 5.21 Å². The number of hydrogen-bond donors (Lipinski definition) is 1. The second kappa shape index (κ2) is 7.61. The molecule has 0 radical (unpaired) electrons. The predicted octanol–water partition coefficient (Wildman–Crippen LogP) is 3.89. The molecule has 3 rings (SSSR count). The van der Waals surface area contributed by atoms with Crippen molar-refractivity contribution in [1.29, 1.82) is 0 Å². The summed E-state index contributed by atoms with van der Waals surface area (Å²) in [4.78, 5) is 9.15. The lowest BCUT2D eigenvalue weighted by atomic mass is 10.1. The van der Waals surface area contributed by atoms with Crippen LogP contribution in [0.4, 0.5) is 5.82 Å². The van der Waals surface area contributed by atoms with Crippen LogP contribution in [-0.2, 0) is 6.42 Å². The zero-order chi connectivity index (χ0) is 17.8. The fourth-order valence-corrected chi connectivity index (χ4v) is 2.91. The molecule has 0 saturated carbocycles. The lowest BCUT2D eigenvalue weighted by Gasteiger charge is -2.15. The number of rotatable bonds is 5. The largest absolute Gasteiger partial charge is 0.619 e. The lowest BCUT2D eigenvalue weighted by molar-refractivity contribution is -0.605. The second-order valence-electron chi connectivity index (χ2n) is 6.05. The maximum absolute atomic E-state index is 11.4. The molecule has 0 amide bonds. The smallest absolute Gasteiger partial charge is 0.183 e. The molecule has 0 aliphatic rings. The average molecular weight is 399 g/mol. The van der Waals surface area contributed by atoms with Crippen LogP contribution in [-0.4, -0.2) is 16.0 Å². The summed E-state index contributed by atoms with van der Waals surface area (Å²) in [6.07, 6.45) is 3.82. The zero-order valence-corrected chi connectivity index (χ0v) is 15.7. The Morgan fingerprint density at radius 3 is 2.68 bits per heavy atom. The van der Waals surface area contributed by atoms with E-state index in [2.05, 4.69) is 38.1 Å². The Morgan fingerprint density at radius 2 is 1.96 bits per heavy atom. The summed E-state index contributed by atoms with van der Waals surface area (Å²) in [5, 5.41) is 14.8. The number of benzene rings is 1. The summed E-state index contributed by atoms with van der Waals surface area (Å²) in [5.74, 6) is 1.48. The summed E-state index contributed by atoms with van der Waals surface area (Å²) in [5.41, 5.74) is 2.86. The minimum atomic E-state index is 0.134. The zero-order valence-electron chi connectivity index (χ0n) is 14.1. The van der Waals surface area contributed by atoms with Crippen LogP contribution in [0.1, 0.15) is 18.2 Å². The van der Waals surface area contributed by atoms with E-state index in [0.29, 0.717) is 5.82 Å². The molecule has 1 atom stereocenters. The Kier molecular flexibility index (Phi) is 5.28. The first-order chi connectivity index (χ1) is 12.0. The van der Waals surface area contributed by atoms with Gasteiger partial charge in [0.2, 0.25) is 0 Å². The maximum atomic E-state index is 11.4. The van der Waals surface area contributed by atoms with Crippen molar-refractivity contribution in [3.8, 4) is 11.4 Å². The van der Waals surface area contributed by atoms with Crippen molar-refractivity contribution < 1.29 is 4.73 Å². The molecule has 2 aromatic heterocycles. The van der Waals surface area contributed by atoms with Crippen LogP contribution in [0.3, 0.4) is 0 Å². The van der Waals surface area contributed by atoms with Gasteiger partial charge in [0.25, 0.3) is 0 Å². The van der Waals surface area contributed by atoms with Crippen molar-refractivity contribution in [2.75, 3.05) is 5.32 Å². The van der Waals surface area contributed by atoms with Gasteiger partial charge in [-0.15, -0.1) is 0 Å². The summed E-state index contributed by atoms with van der Waals surface area (Å²) < 4.78 is 1.84. The van der Waals surface area contributed by atoms with E-state index in [-0.39, 0.29) is 6.04 Å². The molecule has 0 aliphatic heterocycles. The molecule has 1 N–H and O–H groups in total. The highest BCUT2D eigenvalue weighted by Crippen LogP contribution is 2.21. The molecule has 128 valence electrons. The van der Waals surface area contributed by atoms with Gasteiger partial charge in [0, 0.05) is 39.5 Å². The van der Waals surface area contributed by atoms with Crippen LogP contribution in [0.2, 0.25) is 0 Å². The van der Waals surface area contributed by atoms with Crippen molar-refractivity contribution in [1.82, 2.24) is 9.97 Å². The molecule has 6 heteroatoms. The molecule has 2 heterocycles. The molecule has 0 bridgehead atoms. The molecule has 1 aromatic carbocycles. The number of nitrogens with zero attached hydrogens (tertiary/aromatic N) is 3. The Labute approximate surface area is 155 Å². The van der Waals surface area contributed by atoms with Gasteiger partial charge in [-0.1, -0.05) is 28.1 Å². The minimum absolute atomic E-state index is 0.134. The van der Waals surface area contributed by atoms with Crippen molar-refractivity contribution in [3.63, 3.8) is 0 Å². The highest BCUT2D eigenvalue weighted by atomic mass is 79.9. The summed E-state index contributed by atoms with van der Waals surface area (Å²) >= 11 is 3.44. The summed E-state index contributed by atoms with van der Waals surface area (Å²) in [6.45, 7) is 4.02. The first-order valence-corrected chi connectivity index (χ1v) is 8.85. The molecular weight excluding hydrogens is 380 g/mol. The van der Waals surface area contributed by atoms with Gasteiger partial charge in [0.1, 0.15) is 5.82 Å². The first kappa shape index (κ1) is 17.4. The van der Waals surface area contributed by atoms with Gasteiger partial charge >= 0.3 is 0 Å². The number of pyridine rings is 1. The number of aromatic nitrogens is 3. The fraction of sp³-hybridized carbons (Fsp3) is 0.211. The van der Waals surface area contributed by atoms with Gasteiger partial charge in [-0.05, 0) is 38.5 Å². The van der Waals surface area contributed by atoms with E-state index in [1.165, 1.54) is 6.20 Å². The highest BCUT2D eigenvalue weighted by molar-refractivity contribution is 9.10. The van der Waals surface area contributed by atoms with E-state index in [1.807, 2.05) is 43.3 Å². The molecular formula is C19H19BrN4O. The van der Waals surface area contributed by atoms with Gasteiger partial charge in [-0.3, -0.25) is 0 Å². The minimum Gasteiger partial charge on any atom is -0.619 e. The molecule has 0 fully saturated rings. The quantitative estimate of drug-likeness (QED) is 0.522. The van der Waals surface area contributed by atoms with E-state index in [1.54, 1.807) is 12.3 Å². The van der Waals surface area contributed by atoms with Crippen molar-refractivity contribution in [3.05, 3.63) is 75.8 Å². The fourth-order valence-electron chi connectivity index (χ4n) is 2.65. The first-order valence-electron chi connectivity index (χ1n) is 8.05. The molecule has 0 spiro atoms. The number of hydrogen-bond acceptors (Lipinski definition) is 4. The third-order valence-corrected chi connectivity index (χ3v) is 4.26. The number of halogens is 1. The highest BCUT2D eigenvalue weighted by Gasteiger charge is 2.10. The topological polar surface area (TPSA) is 64.8 Å². The van der Waals surface area contributed by atoms with Gasteiger partial charge in [0.05, 0.1) is 0 Å². The molecule has 25 heavy (non-hydrogen) atoms. The van der Waals surface area contributed by atoms with Crippen molar-refractivity contribution in [2.24, 2.45) is 0 Å². The Balaban J connectivity index is 1.77. The standard InChI is InChI=1S/C19H19BrN4O/c1-13(10-15-4-3-9-24(25)12-15)21-18-11-14(2)22-19(23-18)16-5-7-17(20)8-6-16/h3-9,11-13H,10H2,1-2H3,(H,21,22,23). The second-order valence-corrected chi connectivity index (χ2v) is 6.96. The van der Waals surface area contributed by atoms with E-state index >= 15 is 0 Å². The normalized spacial score (nSPS) is 12.0. The van der Waals surface area contributed by atoms with Gasteiger partial charge in [-0.25, -0.2) is 9.97 Å². The third kappa shape index (κ3) is 4.76. The third-order valence-electron chi connectivity index (χ3n) is 3.73. The number of aryl methyl sites for hydroxylation is 1. The molecule has 0 aliphatic carbocycles. The SMILES string of the molecule is Cc1cc(NC(C)Cc2ccc[n+]([O-])c2)nc(-c2ccc(Br)cc2)n1. The average Bonchev–Trinajstić information content (AvgIpc) is 2.54. The van der Waals surface area contributed by atoms with Crippen molar-refractivity contribution in [2.45, 2.75) is 26.3 Å². The summed E-state index contributed by atoms with van der Waals surface area (Å²) in [7, 11) is 0. The Hall–Kier alpha value is -2.47. The predicted molar refractivity (Wildman–Crippen MR) is 102 cm³/mol. The van der Waals surface area contributed by atoms with Crippen LogP contribution >= 0.6 is 15.9 Å². The van der Waals surface area contributed by atoms with E-state index in [0.717, 1.165) is 38.3 Å². The van der Waals surface area contributed by atoms with E-state index < -0.39 is 0 Å². The van der Waals surface area contributed by atoms with Crippen LogP contribution in [0, 0.1) is 12.1 Å². The van der Waals surface area contributed by atoms with Crippen LogP contribution in [0.15, 0.2) is 59.3 Å². The van der Waals surface area contributed by atoms with Crippen LogP contribution in [0.25, 0.3) is 11.4 Å². The van der Waals surface area contributed by atoms with Crippen LogP contribution < -0.4 is 10.0 Å². The molecule has 5 nitrogen and oxygen atoms in total. The number of anilines is 1. The Bertz CT molecular complexity index is 868. The monoisotopic (exact) mass is 398 g/mol. The van der Waals surface area contributed by atoms with E-state index in [4.69, 9.17) is 0 Å². The molecule has 1 unspecified atom stereocenters. The maximum Gasteiger partial charge on any atom is 0.183 e. The van der Waals surface area contributed by atoms with Gasteiger partial charge in [0.15, 0.2) is 18.2 Å². The van der Waals surface area contributed by atoms with Crippen molar-refractivity contribution >= 4 is 21.7 Å². The molecule has 0 saturated heterocycles. The summed E-state index contributed by atoms with van der Waals surface area (Å²) in [6, 6.07) is 13.7. The number of nitrogens with one attached hydrogen (secondary N) is 1. The lowest BCUT2D eigenvalue weighted by Crippen LogP contribution is -2.26.